The SMILES string of the molecule is CSc1nc(N)nc2c1CC(C)CC2. The third-order valence-corrected chi connectivity index (χ3v) is 3.42. The number of aryl methyl sites for hydroxylation is 1. The largest absolute Gasteiger partial charge is 0.368 e. The summed E-state index contributed by atoms with van der Waals surface area (Å²) in [5.74, 6) is 1.17. The second-order valence-electron chi connectivity index (χ2n) is 3.86. The van der Waals surface area contributed by atoms with E-state index >= 15 is 0 Å². The molecule has 76 valence electrons. The van der Waals surface area contributed by atoms with Gasteiger partial charge in [-0.05, 0) is 31.4 Å². The molecular weight excluding hydrogens is 194 g/mol. The van der Waals surface area contributed by atoms with Crippen LogP contribution in [0.3, 0.4) is 0 Å². The number of nitrogens with two attached hydrogens (primary N) is 1. The first-order valence-electron chi connectivity index (χ1n) is 4.90. The second-order valence-corrected chi connectivity index (χ2v) is 4.66. The van der Waals surface area contributed by atoms with Gasteiger partial charge in [-0.1, -0.05) is 6.92 Å². The molecule has 0 spiro atoms. The van der Waals surface area contributed by atoms with Gasteiger partial charge in [0.1, 0.15) is 5.03 Å². The number of nitrogen functional groups attached to an aromatic ring is 1. The van der Waals surface area contributed by atoms with Gasteiger partial charge in [0.25, 0.3) is 0 Å². The fraction of sp³-hybridized carbons (Fsp3) is 0.600. The molecule has 2 N–H and O–H groups in total. The summed E-state index contributed by atoms with van der Waals surface area (Å²) < 4.78 is 0. The highest BCUT2D eigenvalue weighted by Gasteiger charge is 2.20. The summed E-state index contributed by atoms with van der Waals surface area (Å²) in [6, 6.07) is 0. The molecule has 4 heteroatoms. The molecule has 1 aromatic rings. The fourth-order valence-electron chi connectivity index (χ4n) is 1.94. The van der Waals surface area contributed by atoms with Gasteiger partial charge in [-0.25, -0.2) is 9.97 Å². The summed E-state index contributed by atoms with van der Waals surface area (Å²) in [5, 5.41) is 1.07. The zero-order chi connectivity index (χ0) is 10.1. The van der Waals surface area contributed by atoms with E-state index in [2.05, 4.69) is 16.9 Å². The highest BCUT2D eigenvalue weighted by atomic mass is 32.2. The average molecular weight is 209 g/mol. The summed E-state index contributed by atoms with van der Waals surface area (Å²) in [6.45, 7) is 2.28. The molecule has 1 aliphatic rings. The molecule has 0 saturated carbocycles. The van der Waals surface area contributed by atoms with E-state index in [9.17, 15) is 0 Å². The van der Waals surface area contributed by atoms with E-state index in [1.807, 2.05) is 6.26 Å². The lowest BCUT2D eigenvalue weighted by Gasteiger charge is -2.22. The van der Waals surface area contributed by atoms with Crippen molar-refractivity contribution in [1.82, 2.24) is 9.97 Å². The van der Waals surface area contributed by atoms with Crippen LogP contribution in [0.1, 0.15) is 24.6 Å². The topological polar surface area (TPSA) is 51.8 Å². The quantitative estimate of drug-likeness (QED) is 0.567. The molecule has 0 aromatic carbocycles. The van der Waals surface area contributed by atoms with Crippen LogP contribution in [0, 0.1) is 5.92 Å². The standard InChI is InChI=1S/C10H15N3S/c1-6-3-4-8-7(5-6)9(14-2)13-10(11)12-8/h6H,3-5H2,1-2H3,(H2,11,12,13). The number of rotatable bonds is 1. The average Bonchev–Trinajstić information content (AvgIpc) is 2.17. The summed E-state index contributed by atoms with van der Waals surface area (Å²) >= 11 is 1.67. The van der Waals surface area contributed by atoms with Gasteiger partial charge in [0.2, 0.25) is 5.95 Å². The lowest BCUT2D eigenvalue weighted by Crippen LogP contribution is -2.16. The molecule has 14 heavy (non-hydrogen) atoms. The number of hydrogen-bond acceptors (Lipinski definition) is 4. The molecule has 0 radical (unpaired) electrons. The molecule has 0 amide bonds. The van der Waals surface area contributed by atoms with E-state index in [0.717, 1.165) is 23.8 Å². The predicted octanol–water partition coefficient (Wildman–Crippen LogP) is 1.91. The Kier molecular flexibility index (Phi) is 2.63. The Morgan fingerprint density at radius 3 is 2.93 bits per heavy atom. The van der Waals surface area contributed by atoms with Crippen molar-refractivity contribution < 1.29 is 0 Å². The van der Waals surface area contributed by atoms with E-state index < -0.39 is 0 Å². The Morgan fingerprint density at radius 1 is 1.43 bits per heavy atom. The van der Waals surface area contributed by atoms with E-state index in [1.165, 1.54) is 17.7 Å². The molecule has 1 aromatic heterocycles. The molecule has 0 saturated heterocycles. The number of nitrogens with zero attached hydrogens (tertiary/aromatic N) is 2. The van der Waals surface area contributed by atoms with Gasteiger partial charge < -0.3 is 5.73 Å². The molecule has 0 fully saturated rings. The van der Waals surface area contributed by atoms with Crippen LogP contribution in [0.4, 0.5) is 5.95 Å². The van der Waals surface area contributed by atoms with Crippen LogP contribution in [0.25, 0.3) is 0 Å². The summed E-state index contributed by atoms with van der Waals surface area (Å²) in [7, 11) is 0. The highest BCUT2D eigenvalue weighted by Crippen LogP contribution is 2.30. The van der Waals surface area contributed by atoms with Crippen LogP contribution in [0.5, 0.6) is 0 Å². The summed E-state index contributed by atoms with van der Waals surface area (Å²) in [6.07, 6.45) is 5.42. The van der Waals surface area contributed by atoms with E-state index in [4.69, 9.17) is 5.73 Å². The zero-order valence-corrected chi connectivity index (χ0v) is 9.40. The third kappa shape index (κ3) is 1.71. The minimum absolute atomic E-state index is 0.419. The van der Waals surface area contributed by atoms with Gasteiger partial charge in [-0.3, -0.25) is 0 Å². The van der Waals surface area contributed by atoms with Crippen molar-refractivity contribution in [2.75, 3.05) is 12.0 Å². The monoisotopic (exact) mass is 209 g/mol. The number of hydrogen-bond donors (Lipinski definition) is 1. The van der Waals surface area contributed by atoms with Crippen LogP contribution < -0.4 is 5.73 Å². The van der Waals surface area contributed by atoms with Gasteiger partial charge >= 0.3 is 0 Å². The van der Waals surface area contributed by atoms with Crippen molar-refractivity contribution in [3.05, 3.63) is 11.3 Å². The Morgan fingerprint density at radius 2 is 2.21 bits per heavy atom. The molecule has 1 unspecified atom stereocenters. The fourth-order valence-corrected chi connectivity index (χ4v) is 2.57. The normalized spacial score (nSPS) is 20.6. The number of anilines is 1. The lowest BCUT2D eigenvalue weighted by atomic mass is 9.89. The van der Waals surface area contributed by atoms with Crippen molar-refractivity contribution in [2.45, 2.75) is 31.2 Å². The van der Waals surface area contributed by atoms with Crippen molar-refractivity contribution >= 4 is 17.7 Å². The zero-order valence-electron chi connectivity index (χ0n) is 8.58. The lowest BCUT2D eigenvalue weighted by molar-refractivity contribution is 0.485. The van der Waals surface area contributed by atoms with E-state index in [0.29, 0.717) is 5.95 Å². The maximum Gasteiger partial charge on any atom is 0.221 e. The Bertz CT molecular complexity index is 334. The first-order valence-corrected chi connectivity index (χ1v) is 6.12. The predicted molar refractivity (Wildman–Crippen MR) is 59.4 cm³/mol. The summed E-state index contributed by atoms with van der Waals surface area (Å²) in [5.41, 5.74) is 8.15. The van der Waals surface area contributed by atoms with Crippen LogP contribution >= 0.6 is 11.8 Å². The molecule has 1 atom stereocenters. The van der Waals surface area contributed by atoms with Crippen LogP contribution in [0.15, 0.2) is 5.03 Å². The van der Waals surface area contributed by atoms with Gasteiger partial charge in [0.05, 0.1) is 5.69 Å². The Balaban J connectivity index is 2.47. The number of thioether (sulfide) groups is 1. The van der Waals surface area contributed by atoms with Crippen molar-refractivity contribution in [2.24, 2.45) is 5.92 Å². The molecule has 2 rings (SSSR count). The van der Waals surface area contributed by atoms with Gasteiger partial charge in [0, 0.05) is 5.56 Å². The molecule has 3 nitrogen and oxygen atoms in total. The molecular formula is C10H15N3S. The van der Waals surface area contributed by atoms with Gasteiger partial charge in [-0.2, -0.15) is 0 Å². The smallest absolute Gasteiger partial charge is 0.221 e. The number of aromatic nitrogens is 2. The Hall–Kier alpha value is -0.770. The molecule has 0 aliphatic heterocycles. The van der Waals surface area contributed by atoms with Crippen LogP contribution in [0.2, 0.25) is 0 Å². The third-order valence-electron chi connectivity index (χ3n) is 2.69. The minimum Gasteiger partial charge on any atom is -0.368 e. The number of fused-ring (bicyclic) bond motifs is 1. The molecule has 1 aliphatic carbocycles. The van der Waals surface area contributed by atoms with Crippen LogP contribution in [-0.2, 0) is 12.8 Å². The Labute approximate surface area is 88.5 Å². The van der Waals surface area contributed by atoms with Crippen molar-refractivity contribution in [3.63, 3.8) is 0 Å². The minimum atomic E-state index is 0.419. The first kappa shape index (κ1) is 9.77. The molecule has 1 heterocycles. The molecule has 0 bridgehead atoms. The maximum absolute atomic E-state index is 5.66. The van der Waals surface area contributed by atoms with Crippen molar-refractivity contribution in [3.8, 4) is 0 Å². The summed E-state index contributed by atoms with van der Waals surface area (Å²) in [4.78, 5) is 8.58. The highest BCUT2D eigenvalue weighted by molar-refractivity contribution is 7.98. The van der Waals surface area contributed by atoms with E-state index in [-0.39, 0.29) is 0 Å². The maximum atomic E-state index is 5.66. The van der Waals surface area contributed by atoms with Gasteiger partial charge in [-0.15, -0.1) is 11.8 Å². The first-order chi connectivity index (χ1) is 6.70. The van der Waals surface area contributed by atoms with Gasteiger partial charge in [0.15, 0.2) is 0 Å². The second kappa shape index (κ2) is 3.77. The van der Waals surface area contributed by atoms with Crippen LogP contribution in [-0.4, -0.2) is 16.2 Å². The van der Waals surface area contributed by atoms with Crippen molar-refractivity contribution in [1.29, 1.82) is 0 Å². The van der Waals surface area contributed by atoms with E-state index in [1.54, 1.807) is 11.8 Å².